The fourth-order valence-electron chi connectivity index (χ4n) is 3.53. The number of hydrogen-bond acceptors (Lipinski definition) is 6. The molecule has 0 amide bonds. The summed E-state index contributed by atoms with van der Waals surface area (Å²) in [6.07, 6.45) is 0.793. The Morgan fingerprint density at radius 1 is 1.04 bits per heavy atom. The summed E-state index contributed by atoms with van der Waals surface area (Å²) in [6.45, 7) is -2.48. The third-order valence-electron chi connectivity index (χ3n) is 4.78. The van der Waals surface area contributed by atoms with Crippen LogP contribution in [0.4, 0.5) is 0 Å². The van der Waals surface area contributed by atoms with E-state index >= 15 is 0 Å². The van der Waals surface area contributed by atoms with Gasteiger partial charge < -0.3 is 24.3 Å². The Kier molecular flexibility index (Phi) is 3.68. The van der Waals surface area contributed by atoms with Gasteiger partial charge in [-0.25, -0.2) is 0 Å². The average Bonchev–Trinajstić information content (AvgIpc) is 2.94. The van der Waals surface area contributed by atoms with E-state index in [0.717, 1.165) is 5.56 Å². The minimum atomic E-state index is -2.83. The molecule has 0 aromatic heterocycles. The van der Waals surface area contributed by atoms with E-state index in [-0.39, 0.29) is 5.75 Å². The molecular formula is C21H25NO5. The van der Waals surface area contributed by atoms with Crippen molar-refractivity contribution in [1.82, 2.24) is 5.32 Å². The molecule has 1 aliphatic carbocycles. The Labute approximate surface area is 167 Å². The summed E-state index contributed by atoms with van der Waals surface area (Å²) in [7, 11) is 1.60. The van der Waals surface area contributed by atoms with Crippen LogP contribution in [0.15, 0.2) is 29.1 Å². The van der Waals surface area contributed by atoms with Gasteiger partial charge in [0.05, 0.1) is 32.5 Å². The monoisotopic (exact) mass is 377 g/mol. The van der Waals surface area contributed by atoms with Gasteiger partial charge in [-0.1, -0.05) is 6.07 Å². The molecule has 0 aliphatic heterocycles. The first kappa shape index (κ1) is 12.6. The van der Waals surface area contributed by atoms with Crippen LogP contribution in [0.3, 0.4) is 0 Å². The van der Waals surface area contributed by atoms with Crippen LogP contribution in [0.25, 0.3) is 11.1 Å². The van der Waals surface area contributed by atoms with E-state index in [1.165, 1.54) is 39.5 Å². The van der Waals surface area contributed by atoms with Crippen molar-refractivity contribution in [3.8, 4) is 34.1 Å². The fourth-order valence-corrected chi connectivity index (χ4v) is 3.53. The molecule has 2 aromatic rings. The van der Waals surface area contributed by atoms with Gasteiger partial charge in [-0.2, -0.15) is 0 Å². The highest BCUT2D eigenvalue weighted by Crippen LogP contribution is 2.50. The molecule has 2 aromatic carbocycles. The number of aryl methyl sites for hydroxylation is 1. The summed E-state index contributed by atoms with van der Waals surface area (Å²) >= 11 is 0. The maximum absolute atomic E-state index is 12.9. The van der Waals surface area contributed by atoms with E-state index in [0.29, 0.717) is 46.8 Å². The third kappa shape index (κ3) is 3.21. The summed E-state index contributed by atoms with van der Waals surface area (Å²) < 4.78 is 66.6. The lowest BCUT2D eigenvalue weighted by molar-refractivity contribution is 0.324. The molecule has 0 saturated heterocycles. The minimum Gasteiger partial charge on any atom is -0.493 e. The van der Waals surface area contributed by atoms with Crippen LogP contribution >= 0.6 is 0 Å². The highest BCUT2D eigenvalue weighted by Gasteiger charge is 2.28. The number of ether oxygens (including phenoxy) is 4. The molecule has 1 atom stereocenters. The molecule has 0 heterocycles. The van der Waals surface area contributed by atoms with Crippen molar-refractivity contribution >= 4 is 0 Å². The number of benzene rings is 1. The predicted molar refractivity (Wildman–Crippen MR) is 104 cm³/mol. The summed E-state index contributed by atoms with van der Waals surface area (Å²) in [6, 6.07) is 5.06. The SMILES string of the molecule is [2H]C([2H])([2H])N[C@H]1CCc2cc(OC)c(OC)c(OC)c2-c2ccc(OC([2H])([2H])[2H])c(=O)cc21. The number of rotatable bonds is 5. The number of fused-ring (bicyclic) bond motifs is 3. The zero-order valence-electron chi connectivity index (χ0n) is 21.3. The zero-order chi connectivity index (χ0) is 24.6. The maximum atomic E-state index is 12.9. The molecule has 0 unspecified atom stereocenters. The second-order valence-electron chi connectivity index (χ2n) is 6.09. The van der Waals surface area contributed by atoms with Gasteiger partial charge in [0.2, 0.25) is 11.2 Å². The molecule has 6 nitrogen and oxygen atoms in total. The van der Waals surface area contributed by atoms with Crippen LogP contribution in [0.5, 0.6) is 23.0 Å². The van der Waals surface area contributed by atoms with E-state index in [1.54, 1.807) is 6.07 Å². The Hall–Kier alpha value is -2.73. The molecule has 144 valence electrons. The van der Waals surface area contributed by atoms with Gasteiger partial charge >= 0.3 is 0 Å². The van der Waals surface area contributed by atoms with Crippen molar-refractivity contribution in [3.63, 3.8) is 0 Å². The molecule has 0 radical (unpaired) electrons. The van der Waals surface area contributed by atoms with Crippen LogP contribution in [0.2, 0.25) is 0 Å². The smallest absolute Gasteiger partial charge is 0.220 e. The predicted octanol–water partition coefficient (Wildman–Crippen LogP) is 2.95. The molecule has 0 fully saturated rings. The van der Waals surface area contributed by atoms with Crippen LogP contribution in [0.1, 0.15) is 31.8 Å². The molecular weight excluding hydrogens is 346 g/mol. The normalized spacial score (nSPS) is 19.4. The summed E-state index contributed by atoms with van der Waals surface area (Å²) in [4.78, 5) is 12.9. The lowest BCUT2D eigenvalue weighted by atomic mass is 9.95. The lowest BCUT2D eigenvalue weighted by Crippen LogP contribution is -2.17. The topological polar surface area (TPSA) is 66.0 Å². The first-order chi connectivity index (χ1) is 15.4. The molecule has 27 heavy (non-hydrogen) atoms. The van der Waals surface area contributed by atoms with Crippen LogP contribution in [-0.4, -0.2) is 35.3 Å². The quantitative estimate of drug-likeness (QED) is 0.864. The molecule has 1 aliphatic rings. The van der Waals surface area contributed by atoms with E-state index in [9.17, 15) is 4.79 Å². The summed E-state index contributed by atoms with van der Waals surface area (Å²) in [5.41, 5.74) is 1.56. The van der Waals surface area contributed by atoms with Crippen LogP contribution in [0, 0.1) is 0 Å². The highest BCUT2D eigenvalue weighted by molar-refractivity contribution is 5.82. The van der Waals surface area contributed by atoms with E-state index < -0.39 is 25.5 Å². The highest BCUT2D eigenvalue weighted by atomic mass is 16.5. The summed E-state index contributed by atoms with van der Waals surface area (Å²) in [5, 5.41) is 2.60. The minimum absolute atomic E-state index is 0.333. The Morgan fingerprint density at radius 3 is 2.52 bits per heavy atom. The summed E-state index contributed by atoms with van der Waals surface area (Å²) in [5.74, 6) is 0.740. The van der Waals surface area contributed by atoms with Gasteiger partial charge in [0.25, 0.3) is 0 Å². The van der Waals surface area contributed by atoms with Crippen molar-refractivity contribution in [2.24, 2.45) is 0 Å². The van der Waals surface area contributed by atoms with Crippen molar-refractivity contribution in [3.05, 3.63) is 45.6 Å². The average molecular weight is 377 g/mol. The van der Waals surface area contributed by atoms with Gasteiger partial charge in [0.1, 0.15) is 0 Å². The molecule has 1 N–H and O–H groups in total. The molecule has 3 rings (SSSR count). The first-order valence-corrected chi connectivity index (χ1v) is 8.35. The second kappa shape index (κ2) is 7.88. The first-order valence-electron chi connectivity index (χ1n) is 11.4. The van der Waals surface area contributed by atoms with E-state index in [1.807, 2.05) is 0 Å². The van der Waals surface area contributed by atoms with Crippen molar-refractivity contribution < 1.29 is 27.2 Å². The number of methoxy groups -OCH3 is 4. The van der Waals surface area contributed by atoms with Gasteiger partial charge in [0, 0.05) is 15.7 Å². The second-order valence-corrected chi connectivity index (χ2v) is 6.09. The number of hydrogen-bond donors (Lipinski definition) is 1. The standard InChI is InChI=1S/C21H25NO5/c1-22-15-8-6-12-10-18(25-3)20(26-4)21(27-5)19(12)13-7-9-17(24-2)16(23)11-14(13)15/h7,9-11,15,22H,6,8H2,1-5H3/t15-/m0/s1/i1D3,2D3. The van der Waals surface area contributed by atoms with E-state index in [4.69, 9.17) is 27.2 Å². The number of nitrogens with one attached hydrogen (secondary N) is 1. The molecule has 0 bridgehead atoms. The molecule has 0 spiro atoms. The lowest BCUT2D eigenvalue weighted by Gasteiger charge is -2.19. The fraction of sp³-hybridized carbons (Fsp3) is 0.381. The van der Waals surface area contributed by atoms with Crippen molar-refractivity contribution in [1.29, 1.82) is 0 Å². The Balaban J connectivity index is 2.38. The zero-order valence-corrected chi connectivity index (χ0v) is 15.3. The Bertz CT molecular complexity index is 1100. The van der Waals surface area contributed by atoms with E-state index in [2.05, 4.69) is 5.32 Å². The van der Waals surface area contributed by atoms with Gasteiger partial charge in [-0.15, -0.1) is 0 Å². The molecule has 0 saturated carbocycles. The third-order valence-corrected chi connectivity index (χ3v) is 4.78. The van der Waals surface area contributed by atoms with Gasteiger partial charge in [0.15, 0.2) is 17.2 Å². The van der Waals surface area contributed by atoms with Gasteiger partial charge in [-0.05, 0) is 54.7 Å². The van der Waals surface area contributed by atoms with Crippen LogP contribution < -0.4 is 29.7 Å². The largest absolute Gasteiger partial charge is 0.493 e. The van der Waals surface area contributed by atoms with Crippen molar-refractivity contribution in [2.45, 2.75) is 18.9 Å². The van der Waals surface area contributed by atoms with Crippen molar-refractivity contribution in [2.75, 3.05) is 35.3 Å². The Morgan fingerprint density at radius 2 is 1.85 bits per heavy atom. The maximum Gasteiger partial charge on any atom is 0.220 e. The van der Waals surface area contributed by atoms with Gasteiger partial charge in [-0.3, -0.25) is 4.79 Å². The van der Waals surface area contributed by atoms with Crippen LogP contribution in [-0.2, 0) is 6.42 Å². The molecule has 6 heteroatoms.